The minimum atomic E-state index is -0.224. The summed E-state index contributed by atoms with van der Waals surface area (Å²) in [6, 6.07) is 14.4. The first kappa shape index (κ1) is 13.6. The molecule has 0 aliphatic carbocycles. The highest BCUT2D eigenvalue weighted by Crippen LogP contribution is 2.29. The van der Waals surface area contributed by atoms with Gasteiger partial charge in [0.2, 0.25) is 0 Å². The molecule has 1 aliphatic rings. The number of amidine groups is 1. The molecule has 1 unspecified atom stereocenters. The topological polar surface area (TPSA) is 38.4 Å². The molecule has 98 valence electrons. The zero-order chi connectivity index (χ0) is 12.5. The summed E-state index contributed by atoms with van der Waals surface area (Å²) in [5, 5.41) is 0. The van der Waals surface area contributed by atoms with Gasteiger partial charge in [-0.2, -0.15) is 0 Å². The summed E-state index contributed by atoms with van der Waals surface area (Å²) in [6.07, 6.45) is 0.692. The average molecular weight is 277 g/mol. The van der Waals surface area contributed by atoms with Gasteiger partial charge in [0, 0.05) is 11.1 Å². The fourth-order valence-corrected chi connectivity index (χ4v) is 2.36. The van der Waals surface area contributed by atoms with Crippen molar-refractivity contribution < 1.29 is 4.39 Å². The number of fused-ring (bicyclic) bond motifs is 1. The molecule has 0 saturated heterocycles. The minimum Gasteiger partial charge on any atom is -0.383 e. The maximum absolute atomic E-state index is 13.8. The van der Waals surface area contributed by atoms with Crippen LogP contribution in [0.3, 0.4) is 0 Å². The van der Waals surface area contributed by atoms with Crippen LogP contribution in [-0.2, 0) is 6.42 Å². The number of benzene rings is 2. The Bertz CT molecular complexity index is 625. The molecule has 0 spiro atoms. The van der Waals surface area contributed by atoms with Gasteiger partial charge >= 0.3 is 0 Å². The van der Waals surface area contributed by atoms with E-state index in [1.54, 1.807) is 12.1 Å². The van der Waals surface area contributed by atoms with Crippen molar-refractivity contribution >= 4 is 18.2 Å². The highest BCUT2D eigenvalue weighted by molar-refractivity contribution is 5.99. The predicted molar refractivity (Wildman–Crippen MR) is 77.3 cm³/mol. The zero-order valence-electron chi connectivity index (χ0n) is 10.2. The highest BCUT2D eigenvalue weighted by atomic mass is 35.5. The van der Waals surface area contributed by atoms with Gasteiger partial charge in [-0.25, -0.2) is 4.39 Å². The van der Waals surface area contributed by atoms with Crippen LogP contribution in [0.1, 0.15) is 22.7 Å². The molecule has 1 aliphatic heterocycles. The second-order valence-electron chi connectivity index (χ2n) is 4.41. The Morgan fingerprint density at radius 2 is 1.74 bits per heavy atom. The van der Waals surface area contributed by atoms with Gasteiger partial charge in [-0.1, -0.05) is 42.5 Å². The van der Waals surface area contributed by atoms with Crippen molar-refractivity contribution in [3.63, 3.8) is 0 Å². The molecule has 19 heavy (non-hydrogen) atoms. The molecule has 0 bridgehead atoms. The molecule has 2 nitrogen and oxygen atoms in total. The highest BCUT2D eigenvalue weighted by Gasteiger charge is 2.22. The first-order chi connectivity index (χ1) is 8.75. The van der Waals surface area contributed by atoms with E-state index in [0.717, 1.165) is 11.1 Å². The Labute approximate surface area is 117 Å². The van der Waals surface area contributed by atoms with Gasteiger partial charge in [0.1, 0.15) is 11.7 Å². The van der Waals surface area contributed by atoms with E-state index in [9.17, 15) is 4.39 Å². The molecule has 0 fully saturated rings. The Kier molecular flexibility index (Phi) is 3.86. The third-order valence-electron chi connectivity index (χ3n) is 3.27. The van der Waals surface area contributed by atoms with Gasteiger partial charge < -0.3 is 5.73 Å². The maximum Gasteiger partial charge on any atom is 0.128 e. The molecular weight excluding hydrogens is 263 g/mol. The Balaban J connectivity index is 0.00000133. The summed E-state index contributed by atoms with van der Waals surface area (Å²) in [7, 11) is 0. The van der Waals surface area contributed by atoms with Gasteiger partial charge in [-0.05, 0) is 18.1 Å². The molecule has 0 aromatic heterocycles. The summed E-state index contributed by atoms with van der Waals surface area (Å²) in [6.45, 7) is 0. The molecule has 2 aromatic carbocycles. The Hall–Kier alpha value is -1.87. The predicted octanol–water partition coefficient (Wildman–Crippen LogP) is 3.25. The molecule has 4 heteroatoms. The minimum absolute atomic E-state index is 0. The largest absolute Gasteiger partial charge is 0.383 e. The van der Waals surface area contributed by atoms with Gasteiger partial charge in [-0.15, -0.1) is 12.4 Å². The van der Waals surface area contributed by atoms with E-state index in [4.69, 9.17) is 5.73 Å². The fourth-order valence-electron chi connectivity index (χ4n) is 2.36. The molecule has 1 heterocycles. The number of aliphatic imine (C=N–C) groups is 1. The van der Waals surface area contributed by atoms with Crippen LogP contribution in [0.4, 0.5) is 4.39 Å². The summed E-state index contributed by atoms with van der Waals surface area (Å²) in [5.41, 5.74) is 8.64. The van der Waals surface area contributed by atoms with E-state index >= 15 is 0 Å². The van der Waals surface area contributed by atoms with Crippen LogP contribution in [-0.4, -0.2) is 5.84 Å². The normalized spacial score (nSPS) is 17.1. The van der Waals surface area contributed by atoms with Crippen molar-refractivity contribution in [2.24, 2.45) is 10.7 Å². The number of nitrogens with two attached hydrogens (primary N) is 1. The third-order valence-corrected chi connectivity index (χ3v) is 3.27. The molecular formula is C15H14ClFN2. The lowest BCUT2D eigenvalue weighted by Crippen LogP contribution is -2.23. The van der Waals surface area contributed by atoms with E-state index in [0.29, 0.717) is 17.8 Å². The number of hydrogen-bond acceptors (Lipinski definition) is 2. The van der Waals surface area contributed by atoms with Crippen LogP contribution in [0.2, 0.25) is 0 Å². The van der Waals surface area contributed by atoms with Crippen molar-refractivity contribution in [3.8, 4) is 0 Å². The molecule has 2 N–H and O–H groups in total. The van der Waals surface area contributed by atoms with E-state index in [1.165, 1.54) is 6.07 Å². The third kappa shape index (κ3) is 2.47. The zero-order valence-corrected chi connectivity index (χ0v) is 11.0. The van der Waals surface area contributed by atoms with Crippen LogP contribution in [0.15, 0.2) is 53.5 Å². The van der Waals surface area contributed by atoms with Crippen molar-refractivity contribution in [2.75, 3.05) is 0 Å². The van der Waals surface area contributed by atoms with Gasteiger partial charge in [0.05, 0.1) is 6.04 Å². The number of halogens is 2. The first-order valence-electron chi connectivity index (χ1n) is 5.91. The second-order valence-corrected chi connectivity index (χ2v) is 4.41. The summed E-state index contributed by atoms with van der Waals surface area (Å²) in [5.74, 6) is 0.267. The average Bonchev–Trinajstić information content (AvgIpc) is 2.39. The van der Waals surface area contributed by atoms with Crippen molar-refractivity contribution in [1.29, 1.82) is 0 Å². The molecule has 0 amide bonds. The lowest BCUT2D eigenvalue weighted by Gasteiger charge is -2.22. The van der Waals surface area contributed by atoms with Crippen molar-refractivity contribution in [1.82, 2.24) is 0 Å². The molecule has 0 saturated carbocycles. The van der Waals surface area contributed by atoms with Crippen LogP contribution < -0.4 is 5.73 Å². The number of hydrogen-bond donors (Lipinski definition) is 1. The van der Waals surface area contributed by atoms with E-state index in [-0.39, 0.29) is 24.3 Å². The molecule has 0 radical (unpaired) electrons. The van der Waals surface area contributed by atoms with E-state index in [1.807, 2.05) is 30.3 Å². The first-order valence-corrected chi connectivity index (χ1v) is 5.91. The lowest BCUT2D eigenvalue weighted by atomic mass is 9.92. The summed E-state index contributed by atoms with van der Waals surface area (Å²) < 4.78 is 13.8. The Morgan fingerprint density at radius 3 is 2.53 bits per heavy atom. The SMILES string of the molecule is Cl.NC1=NC(c2ccccc2F)Cc2ccccc21. The number of rotatable bonds is 1. The van der Waals surface area contributed by atoms with Gasteiger partial charge in [-0.3, -0.25) is 4.99 Å². The van der Waals surface area contributed by atoms with Crippen LogP contribution in [0.5, 0.6) is 0 Å². The number of nitrogens with zero attached hydrogens (tertiary/aromatic N) is 1. The summed E-state index contributed by atoms with van der Waals surface area (Å²) >= 11 is 0. The van der Waals surface area contributed by atoms with E-state index < -0.39 is 0 Å². The molecule has 2 aromatic rings. The molecule has 1 atom stereocenters. The van der Waals surface area contributed by atoms with Crippen molar-refractivity contribution in [3.05, 3.63) is 71.0 Å². The van der Waals surface area contributed by atoms with Crippen molar-refractivity contribution in [2.45, 2.75) is 12.5 Å². The second kappa shape index (κ2) is 5.41. The summed E-state index contributed by atoms with van der Waals surface area (Å²) in [4.78, 5) is 4.41. The monoisotopic (exact) mass is 276 g/mol. The van der Waals surface area contributed by atoms with Crippen LogP contribution >= 0.6 is 12.4 Å². The molecule has 3 rings (SSSR count). The van der Waals surface area contributed by atoms with Crippen LogP contribution in [0, 0.1) is 5.82 Å². The van der Waals surface area contributed by atoms with Gasteiger partial charge in [0.15, 0.2) is 0 Å². The Morgan fingerprint density at radius 1 is 1.05 bits per heavy atom. The smallest absolute Gasteiger partial charge is 0.128 e. The fraction of sp³-hybridized carbons (Fsp3) is 0.133. The standard InChI is InChI=1S/C15H13FN2.ClH/c16-13-8-4-3-7-12(13)14-9-10-5-1-2-6-11(10)15(17)18-14;/h1-8,14H,9H2,(H2,17,18);1H. The van der Waals surface area contributed by atoms with E-state index in [2.05, 4.69) is 4.99 Å². The van der Waals surface area contributed by atoms with Gasteiger partial charge in [0.25, 0.3) is 0 Å². The lowest BCUT2D eigenvalue weighted by molar-refractivity contribution is 0.578. The van der Waals surface area contributed by atoms with Crippen LogP contribution in [0.25, 0.3) is 0 Å². The maximum atomic E-state index is 13.8. The quantitative estimate of drug-likeness (QED) is 0.853.